The van der Waals surface area contributed by atoms with Crippen LogP contribution in [-0.4, -0.2) is 52.1 Å². The molecule has 0 amide bonds. The second-order valence-electron chi connectivity index (χ2n) is 7.06. The van der Waals surface area contributed by atoms with Gasteiger partial charge in [-0.1, -0.05) is 18.2 Å². The van der Waals surface area contributed by atoms with Crippen molar-refractivity contribution >= 4 is 16.0 Å². The number of esters is 1. The van der Waals surface area contributed by atoms with Gasteiger partial charge in [-0.05, 0) is 49.2 Å². The number of methoxy groups -OCH3 is 1. The van der Waals surface area contributed by atoms with E-state index in [-0.39, 0.29) is 24.0 Å². The molecule has 1 saturated heterocycles. The number of ether oxygens (including phenoxy) is 3. The number of nitrogens with zero attached hydrogens (tertiary/aromatic N) is 1. The molecule has 1 atom stereocenters. The molecule has 30 heavy (non-hydrogen) atoms. The number of hydrogen-bond acceptors (Lipinski definition) is 6. The van der Waals surface area contributed by atoms with Gasteiger partial charge in [-0.25, -0.2) is 8.42 Å². The summed E-state index contributed by atoms with van der Waals surface area (Å²) >= 11 is 0. The first-order valence-electron chi connectivity index (χ1n) is 9.99. The van der Waals surface area contributed by atoms with Gasteiger partial charge >= 0.3 is 5.97 Å². The summed E-state index contributed by atoms with van der Waals surface area (Å²) in [6, 6.07) is 15.7. The zero-order valence-corrected chi connectivity index (χ0v) is 17.8. The van der Waals surface area contributed by atoms with E-state index in [0.717, 1.165) is 5.75 Å². The fourth-order valence-corrected chi connectivity index (χ4v) is 4.83. The van der Waals surface area contributed by atoms with Gasteiger partial charge in [-0.15, -0.1) is 0 Å². The van der Waals surface area contributed by atoms with Gasteiger partial charge in [-0.2, -0.15) is 4.31 Å². The number of carbonyl (C=O) groups excluding carboxylic acids is 1. The number of benzene rings is 2. The Hall–Kier alpha value is -2.58. The lowest BCUT2D eigenvalue weighted by atomic mass is 10.00. The van der Waals surface area contributed by atoms with Crippen molar-refractivity contribution in [3.8, 4) is 11.5 Å². The largest absolute Gasteiger partial charge is 0.497 e. The summed E-state index contributed by atoms with van der Waals surface area (Å²) < 4.78 is 43.2. The minimum atomic E-state index is -3.66. The molecule has 0 spiro atoms. The monoisotopic (exact) mass is 433 g/mol. The summed E-state index contributed by atoms with van der Waals surface area (Å²) in [7, 11) is -2.14. The van der Waals surface area contributed by atoms with Crippen LogP contribution in [0.25, 0.3) is 0 Å². The molecule has 3 rings (SSSR count). The molecule has 2 aromatic rings. The maximum absolute atomic E-state index is 12.9. The van der Waals surface area contributed by atoms with Gasteiger partial charge in [0.05, 0.1) is 31.1 Å². The smallest absolute Gasteiger partial charge is 0.310 e. The first kappa shape index (κ1) is 22.1. The number of rotatable bonds is 9. The summed E-state index contributed by atoms with van der Waals surface area (Å²) in [4.78, 5) is 12.6. The molecule has 1 heterocycles. The molecule has 1 aliphatic heterocycles. The van der Waals surface area contributed by atoms with Crippen LogP contribution in [0.5, 0.6) is 11.5 Å². The molecule has 1 aliphatic rings. The summed E-state index contributed by atoms with van der Waals surface area (Å²) in [5.74, 6) is 0.548. The van der Waals surface area contributed by atoms with Crippen molar-refractivity contribution in [3.63, 3.8) is 0 Å². The highest BCUT2D eigenvalue weighted by molar-refractivity contribution is 7.89. The Labute approximate surface area is 177 Å². The summed E-state index contributed by atoms with van der Waals surface area (Å²) in [6.45, 7) is 1.21. The van der Waals surface area contributed by atoms with Crippen molar-refractivity contribution in [2.45, 2.75) is 24.2 Å². The third-order valence-corrected chi connectivity index (χ3v) is 6.84. The van der Waals surface area contributed by atoms with Crippen LogP contribution in [0.2, 0.25) is 0 Å². The van der Waals surface area contributed by atoms with E-state index in [1.165, 1.54) is 23.5 Å². The first-order valence-corrected chi connectivity index (χ1v) is 11.4. The maximum atomic E-state index is 12.9. The molecular formula is C22H27NO6S. The van der Waals surface area contributed by atoms with Crippen LogP contribution < -0.4 is 9.47 Å². The molecule has 0 radical (unpaired) electrons. The predicted molar refractivity (Wildman–Crippen MR) is 112 cm³/mol. The number of hydrogen-bond donors (Lipinski definition) is 0. The van der Waals surface area contributed by atoms with Crippen LogP contribution in [0.3, 0.4) is 0 Å². The Bertz CT molecular complexity index is 914. The van der Waals surface area contributed by atoms with Crippen LogP contribution in [-0.2, 0) is 19.6 Å². The van der Waals surface area contributed by atoms with Crippen molar-refractivity contribution in [2.24, 2.45) is 5.92 Å². The van der Waals surface area contributed by atoms with Gasteiger partial charge in [0.2, 0.25) is 10.0 Å². The molecule has 1 fully saturated rings. The Morgan fingerprint density at radius 2 is 1.77 bits per heavy atom. The van der Waals surface area contributed by atoms with E-state index in [2.05, 4.69) is 0 Å². The van der Waals surface area contributed by atoms with E-state index >= 15 is 0 Å². The van der Waals surface area contributed by atoms with Crippen LogP contribution >= 0.6 is 0 Å². The first-order chi connectivity index (χ1) is 14.5. The van der Waals surface area contributed by atoms with Crippen LogP contribution in [0.1, 0.15) is 19.3 Å². The maximum Gasteiger partial charge on any atom is 0.310 e. The molecule has 0 bridgehead atoms. The summed E-state index contributed by atoms with van der Waals surface area (Å²) in [5.41, 5.74) is 0. The minimum Gasteiger partial charge on any atom is -0.497 e. The van der Waals surface area contributed by atoms with Gasteiger partial charge in [0, 0.05) is 19.5 Å². The molecule has 0 saturated carbocycles. The van der Waals surface area contributed by atoms with E-state index in [1.807, 2.05) is 30.3 Å². The lowest BCUT2D eigenvalue weighted by molar-refractivity contribution is -0.150. The molecule has 0 N–H and O–H groups in total. The SMILES string of the molecule is COc1ccc(S(=O)(=O)N2CCCC(C(=O)OCCCOc3ccccc3)C2)cc1. The average Bonchev–Trinajstić information content (AvgIpc) is 2.79. The van der Waals surface area contributed by atoms with Gasteiger partial charge in [0.25, 0.3) is 0 Å². The second kappa shape index (κ2) is 10.4. The number of para-hydroxylation sites is 1. The molecule has 1 unspecified atom stereocenters. The highest BCUT2D eigenvalue weighted by Gasteiger charge is 2.34. The number of carbonyl (C=O) groups is 1. The van der Waals surface area contributed by atoms with E-state index in [4.69, 9.17) is 14.2 Å². The van der Waals surface area contributed by atoms with Crippen LogP contribution in [0.15, 0.2) is 59.5 Å². The van der Waals surface area contributed by atoms with Crippen molar-refractivity contribution in [1.82, 2.24) is 4.31 Å². The van der Waals surface area contributed by atoms with Crippen molar-refractivity contribution < 1.29 is 27.4 Å². The highest BCUT2D eigenvalue weighted by atomic mass is 32.2. The minimum absolute atomic E-state index is 0.133. The predicted octanol–water partition coefficient (Wildman–Crippen LogP) is 3.11. The average molecular weight is 434 g/mol. The van der Waals surface area contributed by atoms with Crippen molar-refractivity contribution in [3.05, 3.63) is 54.6 Å². The van der Waals surface area contributed by atoms with Gasteiger partial charge in [0.1, 0.15) is 11.5 Å². The van der Waals surface area contributed by atoms with E-state index < -0.39 is 15.9 Å². The zero-order chi connectivity index (χ0) is 21.4. The lowest BCUT2D eigenvalue weighted by Crippen LogP contribution is -2.42. The molecule has 0 aliphatic carbocycles. The summed E-state index contributed by atoms with van der Waals surface area (Å²) in [6.07, 6.45) is 1.81. The molecular weight excluding hydrogens is 406 g/mol. The van der Waals surface area contributed by atoms with Crippen LogP contribution in [0, 0.1) is 5.92 Å². The third-order valence-electron chi connectivity index (χ3n) is 4.96. The lowest BCUT2D eigenvalue weighted by Gasteiger charge is -2.30. The van der Waals surface area contributed by atoms with E-state index in [9.17, 15) is 13.2 Å². The quantitative estimate of drug-likeness (QED) is 0.446. The topological polar surface area (TPSA) is 82.1 Å². The normalized spacial score (nSPS) is 17.3. The summed E-state index contributed by atoms with van der Waals surface area (Å²) in [5, 5.41) is 0. The van der Waals surface area contributed by atoms with E-state index in [1.54, 1.807) is 12.1 Å². The fraction of sp³-hybridized carbons (Fsp3) is 0.409. The Morgan fingerprint density at radius 3 is 2.47 bits per heavy atom. The number of piperidine rings is 1. The zero-order valence-electron chi connectivity index (χ0n) is 17.0. The Balaban J connectivity index is 1.47. The standard InChI is InChI=1S/C22H27NO6S/c1-27-19-10-12-21(13-11-19)30(25,26)23-14-5-7-18(17-23)22(24)29-16-6-15-28-20-8-3-2-4-9-20/h2-4,8-13,18H,5-7,14-17H2,1H3. The highest BCUT2D eigenvalue weighted by Crippen LogP contribution is 2.25. The molecule has 2 aromatic carbocycles. The molecule has 7 nitrogen and oxygen atoms in total. The second-order valence-corrected chi connectivity index (χ2v) is 9.00. The van der Waals surface area contributed by atoms with Crippen molar-refractivity contribution in [1.29, 1.82) is 0 Å². The van der Waals surface area contributed by atoms with Crippen LogP contribution in [0.4, 0.5) is 0 Å². The van der Waals surface area contributed by atoms with E-state index in [0.29, 0.717) is 38.2 Å². The van der Waals surface area contributed by atoms with Crippen molar-refractivity contribution in [2.75, 3.05) is 33.4 Å². The van der Waals surface area contributed by atoms with Gasteiger partial charge < -0.3 is 14.2 Å². The Morgan fingerprint density at radius 1 is 1.03 bits per heavy atom. The molecule has 0 aromatic heterocycles. The molecule has 162 valence electrons. The third kappa shape index (κ3) is 5.73. The fourth-order valence-electron chi connectivity index (χ4n) is 3.31. The molecule has 8 heteroatoms. The van der Waals surface area contributed by atoms with Gasteiger partial charge in [-0.3, -0.25) is 4.79 Å². The van der Waals surface area contributed by atoms with Gasteiger partial charge in [0.15, 0.2) is 0 Å². The number of sulfonamides is 1. The Kier molecular flexibility index (Phi) is 7.70.